The summed E-state index contributed by atoms with van der Waals surface area (Å²) in [6, 6.07) is 0. The molecule has 6 heavy (non-hydrogen) atoms. The van der Waals surface area contributed by atoms with Crippen LogP contribution in [0, 0.1) is 0 Å². The molecule has 0 saturated carbocycles. The monoisotopic (exact) mass is 168 g/mol. The van der Waals surface area contributed by atoms with Gasteiger partial charge in [-0.25, -0.2) is 4.79 Å². The average molecular weight is 168 g/mol. The molecular formula is CH4O4Sr. The van der Waals surface area contributed by atoms with Crippen LogP contribution in [0.25, 0.3) is 0 Å². The van der Waals surface area contributed by atoms with Crippen LogP contribution in [0.2, 0.25) is 0 Å². The molecular weight excluding hydrogens is 164 g/mol. The first kappa shape index (κ1) is 9.86. The van der Waals surface area contributed by atoms with Crippen LogP contribution in [0.1, 0.15) is 0 Å². The van der Waals surface area contributed by atoms with Crippen LogP contribution in [-0.2, 0) is 4.89 Å². The summed E-state index contributed by atoms with van der Waals surface area (Å²) in [6.07, 6.45) is -1.69. The van der Waals surface area contributed by atoms with E-state index in [0.717, 1.165) is 0 Å². The first-order valence-electron chi connectivity index (χ1n) is 0.814. The van der Waals surface area contributed by atoms with E-state index in [2.05, 4.69) is 4.89 Å². The minimum atomic E-state index is -1.69. The zero-order valence-corrected chi connectivity index (χ0v) is 2.21. The van der Waals surface area contributed by atoms with Crippen LogP contribution in [0.5, 0.6) is 0 Å². The van der Waals surface area contributed by atoms with E-state index in [1.165, 1.54) is 0 Å². The summed E-state index contributed by atoms with van der Waals surface area (Å²) in [5.74, 6) is 0. The second-order valence-electron chi connectivity index (χ2n) is 0.357. The van der Waals surface area contributed by atoms with Crippen LogP contribution >= 0.6 is 0 Å². The summed E-state index contributed by atoms with van der Waals surface area (Å²) in [5.41, 5.74) is 0. The third kappa shape index (κ3) is 8.83. The van der Waals surface area contributed by atoms with Crippen molar-refractivity contribution in [1.82, 2.24) is 0 Å². The second kappa shape index (κ2) is 5.71. The second-order valence-corrected chi connectivity index (χ2v) is 0.357. The van der Waals surface area contributed by atoms with Gasteiger partial charge < -0.3 is 5.11 Å². The molecule has 0 spiro atoms. The molecule has 0 aromatic rings. The Morgan fingerprint density at radius 2 is 1.83 bits per heavy atom. The summed E-state index contributed by atoms with van der Waals surface area (Å²) >= 11 is 0. The molecule has 0 aromatic carbocycles. The van der Waals surface area contributed by atoms with Gasteiger partial charge in [0.15, 0.2) is 0 Å². The van der Waals surface area contributed by atoms with Crippen molar-refractivity contribution in [2.45, 2.75) is 0 Å². The van der Waals surface area contributed by atoms with E-state index in [-0.39, 0.29) is 45.5 Å². The Balaban J connectivity index is 0. The SMILES string of the molecule is O=C(O)OO.[SrH2]. The molecule has 0 amide bonds. The number of carbonyl (C=O) groups is 1. The molecule has 0 aliphatic rings. The number of hydrogen-bond acceptors (Lipinski definition) is 3. The summed E-state index contributed by atoms with van der Waals surface area (Å²) in [6.45, 7) is 0. The maximum atomic E-state index is 8.90. The Hall–Kier alpha value is 0.711. The van der Waals surface area contributed by atoms with Gasteiger partial charge in [0, 0.05) is 0 Å². The number of rotatable bonds is 0. The molecule has 0 bridgehead atoms. The molecule has 4 nitrogen and oxygen atoms in total. The molecule has 0 saturated heterocycles. The molecule has 2 N–H and O–H groups in total. The van der Waals surface area contributed by atoms with Crippen molar-refractivity contribution in [3.05, 3.63) is 0 Å². The molecule has 0 atom stereocenters. The summed E-state index contributed by atoms with van der Waals surface area (Å²) in [7, 11) is 0. The van der Waals surface area contributed by atoms with E-state index in [9.17, 15) is 0 Å². The van der Waals surface area contributed by atoms with Gasteiger partial charge >= 0.3 is 51.6 Å². The Morgan fingerprint density at radius 1 is 1.67 bits per heavy atom. The first-order valence-corrected chi connectivity index (χ1v) is 0.814. The van der Waals surface area contributed by atoms with Crippen LogP contribution in [0.15, 0.2) is 0 Å². The van der Waals surface area contributed by atoms with E-state index in [4.69, 9.17) is 15.2 Å². The van der Waals surface area contributed by atoms with E-state index >= 15 is 0 Å². The first-order chi connectivity index (χ1) is 2.27. The van der Waals surface area contributed by atoms with Crippen molar-refractivity contribution >= 4 is 51.6 Å². The molecule has 34 valence electrons. The van der Waals surface area contributed by atoms with Crippen molar-refractivity contribution in [2.75, 3.05) is 0 Å². The van der Waals surface area contributed by atoms with Gasteiger partial charge in [0.05, 0.1) is 0 Å². The molecule has 0 rings (SSSR count). The van der Waals surface area contributed by atoms with Gasteiger partial charge in [-0.15, -0.1) is 0 Å². The van der Waals surface area contributed by atoms with Crippen LogP contribution in [-0.4, -0.2) is 62.0 Å². The van der Waals surface area contributed by atoms with Gasteiger partial charge in [0.25, 0.3) is 0 Å². The zero-order chi connectivity index (χ0) is 4.28. The van der Waals surface area contributed by atoms with E-state index in [1.807, 2.05) is 0 Å². The Kier molecular flexibility index (Phi) is 9.39. The van der Waals surface area contributed by atoms with Crippen molar-refractivity contribution in [1.29, 1.82) is 0 Å². The molecule has 0 fully saturated rings. The van der Waals surface area contributed by atoms with Gasteiger partial charge in [0.1, 0.15) is 0 Å². The van der Waals surface area contributed by atoms with E-state index in [1.54, 1.807) is 0 Å². The molecule has 0 heterocycles. The standard InChI is InChI=1S/CH2O4.Sr.2H/c2-1(3)5-4;;;/h4H,(H,2,3);;;. The molecule has 5 heteroatoms. The van der Waals surface area contributed by atoms with Crippen molar-refractivity contribution < 1.29 is 20.0 Å². The molecule has 0 radical (unpaired) electrons. The topological polar surface area (TPSA) is 66.8 Å². The summed E-state index contributed by atoms with van der Waals surface area (Å²) < 4.78 is 0. The molecule has 0 aromatic heterocycles. The fourth-order valence-corrected chi connectivity index (χ4v) is 0. The number of carboxylic acid groups (broad SMARTS) is 1. The third-order valence-corrected chi connectivity index (χ3v) is 0.0781. The Morgan fingerprint density at radius 3 is 1.83 bits per heavy atom. The Labute approximate surface area is 70.9 Å². The molecule has 0 aliphatic carbocycles. The zero-order valence-electron chi connectivity index (χ0n) is 2.21. The van der Waals surface area contributed by atoms with Crippen molar-refractivity contribution in [3.63, 3.8) is 0 Å². The maximum absolute atomic E-state index is 8.90. The molecule has 0 unspecified atom stereocenters. The fraction of sp³-hybridized carbons (Fsp3) is 0. The van der Waals surface area contributed by atoms with E-state index in [0.29, 0.717) is 0 Å². The van der Waals surface area contributed by atoms with E-state index < -0.39 is 6.16 Å². The predicted molar refractivity (Wildman–Crippen MR) is 20.3 cm³/mol. The quantitative estimate of drug-likeness (QED) is 0.283. The summed E-state index contributed by atoms with van der Waals surface area (Å²) in [5, 5.41) is 14.3. The molecule has 0 aliphatic heterocycles. The number of hydrogen-bond donors (Lipinski definition) is 2. The predicted octanol–water partition coefficient (Wildman–Crippen LogP) is -0.762. The van der Waals surface area contributed by atoms with Crippen molar-refractivity contribution in [3.8, 4) is 0 Å². The average Bonchev–Trinajstić information content (AvgIpc) is 1.38. The van der Waals surface area contributed by atoms with Gasteiger partial charge in [-0.3, -0.25) is 4.89 Å². The minimum absolute atomic E-state index is 0. The van der Waals surface area contributed by atoms with Gasteiger partial charge in [0.2, 0.25) is 0 Å². The third-order valence-electron chi connectivity index (χ3n) is 0.0781. The Bertz CT molecular complexity index is 42.8. The normalized spacial score (nSPS) is 5.50. The van der Waals surface area contributed by atoms with Crippen LogP contribution in [0.3, 0.4) is 0 Å². The fourth-order valence-electron chi connectivity index (χ4n) is 0. The summed E-state index contributed by atoms with van der Waals surface area (Å²) in [4.78, 5) is 11.6. The van der Waals surface area contributed by atoms with Crippen molar-refractivity contribution in [2.24, 2.45) is 0 Å². The van der Waals surface area contributed by atoms with Crippen LogP contribution < -0.4 is 0 Å². The van der Waals surface area contributed by atoms with Gasteiger partial charge in [-0.2, -0.15) is 5.26 Å². The van der Waals surface area contributed by atoms with Crippen LogP contribution in [0.4, 0.5) is 4.79 Å². The van der Waals surface area contributed by atoms with Gasteiger partial charge in [-0.05, 0) is 0 Å². The van der Waals surface area contributed by atoms with Gasteiger partial charge in [-0.1, -0.05) is 0 Å².